The van der Waals surface area contributed by atoms with E-state index in [9.17, 15) is 4.79 Å². The molecule has 1 aromatic rings. The molecule has 0 aliphatic carbocycles. The van der Waals surface area contributed by atoms with E-state index in [0.717, 1.165) is 18.0 Å². The van der Waals surface area contributed by atoms with Gasteiger partial charge < -0.3 is 5.32 Å². The van der Waals surface area contributed by atoms with Crippen molar-refractivity contribution in [2.45, 2.75) is 19.4 Å². The van der Waals surface area contributed by atoms with Gasteiger partial charge in [-0.1, -0.05) is 11.4 Å². The Hall–Kier alpha value is -0.680. The van der Waals surface area contributed by atoms with Crippen LogP contribution in [0.15, 0.2) is 5.38 Å². The molecule has 0 saturated heterocycles. The molecule has 0 fully saturated rings. The van der Waals surface area contributed by atoms with Crippen LogP contribution in [0.2, 0.25) is 0 Å². The minimum absolute atomic E-state index is 0.0101. The van der Waals surface area contributed by atoms with Crippen LogP contribution in [0.4, 0.5) is 0 Å². The minimum atomic E-state index is -0.207. The van der Waals surface area contributed by atoms with Crippen molar-refractivity contribution in [1.82, 2.24) is 14.9 Å². The number of halogens is 1. The van der Waals surface area contributed by atoms with E-state index < -0.39 is 0 Å². The molecule has 0 radical (unpaired) electrons. The molecule has 4 nitrogen and oxygen atoms in total. The zero-order valence-corrected chi connectivity index (χ0v) is 8.73. The normalized spacial score (nSPS) is 12.5. The maximum atomic E-state index is 11.4. The Balaban J connectivity index is 2.50. The smallest absolute Gasteiger partial charge is 0.272 e. The summed E-state index contributed by atoms with van der Waals surface area (Å²) >= 11 is 6.78. The van der Waals surface area contributed by atoms with Crippen LogP contribution in [0.1, 0.15) is 23.8 Å². The maximum Gasteiger partial charge on any atom is 0.272 e. The summed E-state index contributed by atoms with van der Waals surface area (Å²) in [6.45, 7) is 1.96. The number of nitrogens with one attached hydrogen (secondary N) is 1. The largest absolute Gasteiger partial charge is 0.347 e. The van der Waals surface area contributed by atoms with Gasteiger partial charge in [-0.2, -0.15) is 0 Å². The van der Waals surface area contributed by atoms with Gasteiger partial charge in [-0.15, -0.1) is 16.7 Å². The van der Waals surface area contributed by atoms with Crippen molar-refractivity contribution in [2.24, 2.45) is 0 Å². The van der Waals surface area contributed by atoms with Gasteiger partial charge in [0.15, 0.2) is 5.69 Å². The van der Waals surface area contributed by atoms with Crippen LogP contribution < -0.4 is 5.32 Å². The SMILES string of the molecule is CCC(CCl)NC(=O)c1csnn1. The summed E-state index contributed by atoms with van der Waals surface area (Å²) in [6.07, 6.45) is 0.812. The molecule has 0 aliphatic rings. The summed E-state index contributed by atoms with van der Waals surface area (Å²) in [6, 6.07) is 0.0101. The molecule has 0 aromatic carbocycles. The van der Waals surface area contributed by atoms with Gasteiger partial charge >= 0.3 is 0 Å². The number of alkyl halides is 1. The lowest BCUT2D eigenvalue weighted by Crippen LogP contribution is -2.35. The molecule has 1 N–H and O–H groups in total. The van der Waals surface area contributed by atoms with Crippen LogP contribution >= 0.6 is 23.1 Å². The molecule has 0 saturated carbocycles. The highest BCUT2D eigenvalue weighted by molar-refractivity contribution is 7.03. The first-order valence-corrected chi connectivity index (χ1v) is 5.29. The van der Waals surface area contributed by atoms with E-state index in [1.807, 2.05) is 6.92 Å². The molecule has 6 heteroatoms. The van der Waals surface area contributed by atoms with Crippen molar-refractivity contribution in [1.29, 1.82) is 0 Å². The van der Waals surface area contributed by atoms with Crippen molar-refractivity contribution in [3.05, 3.63) is 11.1 Å². The second-order valence-electron chi connectivity index (χ2n) is 2.52. The van der Waals surface area contributed by atoms with Gasteiger partial charge in [-0.25, -0.2) is 0 Å². The fraction of sp³-hybridized carbons (Fsp3) is 0.571. The van der Waals surface area contributed by atoms with Crippen LogP contribution in [0.5, 0.6) is 0 Å². The van der Waals surface area contributed by atoms with E-state index in [1.54, 1.807) is 5.38 Å². The lowest BCUT2D eigenvalue weighted by molar-refractivity contribution is 0.0934. The van der Waals surface area contributed by atoms with Crippen LogP contribution in [-0.4, -0.2) is 27.4 Å². The van der Waals surface area contributed by atoms with Gasteiger partial charge in [0.25, 0.3) is 5.91 Å². The van der Waals surface area contributed by atoms with Crippen LogP contribution in [0.3, 0.4) is 0 Å². The van der Waals surface area contributed by atoms with Gasteiger partial charge in [0.2, 0.25) is 0 Å². The predicted octanol–water partition coefficient (Wildman–Crippen LogP) is 1.29. The first-order chi connectivity index (χ1) is 6.27. The van der Waals surface area contributed by atoms with Crippen LogP contribution in [-0.2, 0) is 0 Å². The molecule has 1 unspecified atom stereocenters. The molecule has 72 valence electrons. The quantitative estimate of drug-likeness (QED) is 0.777. The van der Waals surface area contributed by atoms with Crippen molar-refractivity contribution in [2.75, 3.05) is 5.88 Å². The van der Waals surface area contributed by atoms with E-state index in [1.165, 1.54) is 0 Å². The number of rotatable bonds is 4. The zero-order valence-electron chi connectivity index (χ0n) is 7.16. The molecule has 1 atom stereocenters. The third-order valence-corrected chi connectivity index (χ3v) is 2.48. The van der Waals surface area contributed by atoms with Gasteiger partial charge in [-0.05, 0) is 18.0 Å². The fourth-order valence-electron chi connectivity index (χ4n) is 0.773. The Bertz CT molecular complexity index is 261. The molecule has 1 aromatic heterocycles. The van der Waals surface area contributed by atoms with Gasteiger partial charge in [0, 0.05) is 17.3 Å². The predicted molar refractivity (Wildman–Crippen MR) is 52.2 cm³/mol. The van der Waals surface area contributed by atoms with Gasteiger partial charge in [0.1, 0.15) is 0 Å². The zero-order chi connectivity index (χ0) is 9.68. The number of amides is 1. The lowest BCUT2D eigenvalue weighted by Gasteiger charge is -2.11. The highest BCUT2D eigenvalue weighted by atomic mass is 35.5. The average molecular weight is 220 g/mol. The van der Waals surface area contributed by atoms with Crippen LogP contribution in [0, 0.1) is 0 Å². The molecule has 0 bridgehead atoms. The summed E-state index contributed by atoms with van der Waals surface area (Å²) in [7, 11) is 0. The topological polar surface area (TPSA) is 54.9 Å². The molecule has 1 amide bonds. The third-order valence-electron chi connectivity index (χ3n) is 1.61. The molecule has 13 heavy (non-hydrogen) atoms. The van der Waals surface area contributed by atoms with Crippen LogP contribution in [0.25, 0.3) is 0 Å². The third kappa shape index (κ3) is 2.93. The molecule has 1 heterocycles. The highest BCUT2D eigenvalue weighted by Crippen LogP contribution is 2.00. The Morgan fingerprint density at radius 2 is 2.62 bits per heavy atom. The summed E-state index contributed by atoms with van der Waals surface area (Å²) in [5.74, 6) is 0.209. The minimum Gasteiger partial charge on any atom is -0.347 e. The van der Waals surface area contributed by atoms with E-state index in [0.29, 0.717) is 11.6 Å². The van der Waals surface area contributed by atoms with Gasteiger partial charge in [-0.3, -0.25) is 4.79 Å². The number of carbonyl (C=O) groups excluding carboxylic acids is 1. The number of aromatic nitrogens is 2. The van der Waals surface area contributed by atoms with Crippen molar-refractivity contribution in [3.63, 3.8) is 0 Å². The molecular weight excluding hydrogens is 210 g/mol. The summed E-state index contributed by atoms with van der Waals surface area (Å²) in [5.41, 5.74) is 0.355. The maximum absolute atomic E-state index is 11.4. The first kappa shape index (κ1) is 10.4. The van der Waals surface area contributed by atoms with Gasteiger partial charge in [0.05, 0.1) is 0 Å². The summed E-state index contributed by atoms with van der Waals surface area (Å²) in [5, 5.41) is 8.01. The van der Waals surface area contributed by atoms with E-state index in [-0.39, 0.29) is 11.9 Å². The van der Waals surface area contributed by atoms with Crippen molar-refractivity contribution < 1.29 is 4.79 Å². The number of hydrogen-bond donors (Lipinski definition) is 1. The molecule has 1 rings (SSSR count). The standard InChI is InChI=1S/C7H10ClN3OS/c1-2-5(3-8)9-7(12)6-4-13-11-10-6/h4-5H,2-3H2,1H3,(H,9,12). The fourth-order valence-corrected chi connectivity index (χ4v) is 1.50. The number of nitrogens with zero attached hydrogens (tertiary/aromatic N) is 2. The molecular formula is C7H10ClN3OS. The van der Waals surface area contributed by atoms with Crippen molar-refractivity contribution >= 4 is 29.0 Å². The second-order valence-corrected chi connectivity index (χ2v) is 3.44. The van der Waals surface area contributed by atoms with Crippen molar-refractivity contribution in [3.8, 4) is 0 Å². The highest BCUT2D eigenvalue weighted by Gasteiger charge is 2.12. The van der Waals surface area contributed by atoms with E-state index in [4.69, 9.17) is 11.6 Å². The summed E-state index contributed by atoms with van der Waals surface area (Å²) < 4.78 is 3.60. The molecule has 0 aliphatic heterocycles. The number of hydrogen-bond acceptors (Lipinski definition) is 4. The average Bonchev–Trinajstić information content (AvgIpc) is 2.66. The Morgan fingerprint density at radius 1 is 1.85 bits per heavy atom. The monoisotopic (exact) mass is 219 g/mol. The first-order valence-electron chi connectivity index (χ1n) is 3.91. The molecule has 0 spiro atoms. The lowest BCUT2D eigenvalue weighted by atomic mass is 10.2. The Kier molecular flexibility index (Phi) is 4.11. The second kappa shape index (κ2) is 5.14. The number of carbonyl (C=O) groups is 1. The summed E-state index contributed by atoms with van der Waals surface area (Å²) in [4.78, 5) is 11.4. The van der Waals surface area contributed by atoms with E-state index in [2.05, 4.69) is 14.9 Å². The Morgan fingerprint density at radius 3 is 3.08 bits per heavy atom. The van der Waals surface area contributed by atoms with E-state index >= 15 is 0 Å². The Labute approximate surface area is 85.5 Å².